The highest BCUT2D eigenvalue weighted by Crippen LogP contribution is 2.43. The zero-order valence-corrected chi connectivity index (χ0v) is 60.2. The molecule has 5 amide bonds. The molecule has 32 nitrogen and oxygen atoms in total. The van der Waals surface area contributed by atoms with Gasteiger partial charge in [-0.3, -0.25) is 24.0 Å². The standard InChI is InChI=1S/C65H72N14O18S5/c1-9-78(16-17-80)15-11-14-66-53(83)36-24-101-61(70-36)47-41(82)18-32-46(73-47)35-23-99-59(68-35)34-22-95-63(88)49-33-21-93-50(51(97-42-19-65(5,90)52(77(6)7)30(4)96-42)64(89)94-20-31-12-10-13-40(43(31)33)79(49)91)48(62-72-37(26-102-62)54(84)67-34)76-56(86)39-27-100-60(71-39)45(29(3)92-8)75-57(87)44(28(2)81)74-55(85)38-25-98-58(32)69-38/h10,12-13,18,23-28,30,34,42,44,48,50-52,80-82,90-91H,9,11,14-17,19-22H2,1-8H3,(H,66,83)(H,67,84)(H,74,85)(H,75,87)(H,76,86)/b45-29+. The highest BCUT2D eigenvalue weighted by molar-refractivity contribution is 7.14. The molecule has 0 radical (unpaired) electrons. The van der Waals surface area contributed by atoms with Gasteiger partial charge in [0.2, 0.25) is 5.91 Å². The van der Waals surface area contributed by atoms with E-state index in [9.17, 15) is 40.0 Å². The molecule has 7 aromatic heterocycles. The number of likely N-dealkylation sites (N-methyl/N-ethyl adjacent to an activating group) is 2. The van der Waals surface area contributed by atoms with Crippen molar-refractivity contribution in [2.45, 2.75) is 121 Å². The summed E-state index contributed by atoms with van der Waals surface area (Å²) in [5.74, 6) is -6.71. The summed E-state index contributed by atoms with van der Waals surface area (Å²) in [6, 6.07) is 0.802. The van der Waals surface area contributed by atoms with Crippen molar-refractivity contribution in [3.8, 4) is 38.4 Å². The molecule has 12 bridgehead atoms. The molecule has 12 rings (SSSR count). The zero-order valence-electron chi connectivity index (χ0n) is 56.1. The maximum Gasteiger partial charge on any atom is 0.358 e. The maximum atomic E-state index is 15.2. The van der Waals surface area contributed by atoms with E-state index < -0.39 is 133 Å². The van der Waals surface area contributed by atoms with Crippen LogP contribution in [0.15, 0.2) is 56.9 Å². The van der Waals surface area contributed by atoms with Crippen LogP contribution in [-0.4, -0.2) is 221 Å². The summed E-state index contributed by atoms with van der Waals surface area (Å²) >= 11 is 4.69. The van der Waals surface area contributed by atoms with Gasteiger partial charge in [0.05, 0.1) is 49.7 Å². The van der Waals surface area contributed by atoms with Gasteiger partial charge in [0.15, 0.2) is 18.1 Å². The van der Waals surface area contributed by atoms with Crippen molar-refractivity contribution in [3.05, 3.63) is 112 Å². The second kappa shape index (κ2) is 30.6. The highest BCUT2D eigenvalue weighted by Gasteiger charge is 2.50. The number of aromatic hydroxyl groups is 1. The number of rotatable bonds is 14. The second-order valence-electron chi connectivity index (χ2n) is 24.8. The molecule has 4 aliphatic rings. The second-order valence-corrected chi connectivity index (χ2v) is 29.2. The van der Waals surface area contributed by atoms with Crippen molar-refractivity contribution in [2.75, 3.05) is 60.6 Å². The molecule has 0 aliphatic carbocycles. The topological polar surface area (TPSA) is 425 Å². The minimum Gasteiger partial charge on any atom is -0.506 e. The van der Waals surface area contributed by atoms with Crippen molar-refractivity contribution >= 4 is 115 Å². The number of hydrogen-bond donors (Lipinski definition) is 10. The molecule has 11 heterocycles. The van der Waals surface area contributed by atoms with Crippen molar-refractivity contribution in [1.82, 2.24) is 71.0 Å². The molecular formula is C65H72N14O18S5. The maximum absolute atomic E-state index is 15.2. The third-order valence-electron chi connectivity index (χ3n) is 17.6. The predicted molar refractivity (Wildman–Crippen MR) is 370 cm³/mol. The van der Waals surface area contributed by atoms with Gasteiger partial charge in [0.25, 0.3) is 23.6 Å². The number of thiazole rings is 5. The van der Waals surface area contributed by atoms with Gasteiger partial charge in [-0.15, -0.1) is 56.7 Å². The Morgan fingerprint density at radius 2 is 1.54 bits per heavy atom. The molecule has 0 saturated carbocycles. The summed E-state index contributed by atoms with van der Waals surface area (Å²) in [6.45, 7) is 8.42. The van der Waals surface area contributed by atoms with Crippen LogP contribution in [-0.2, 0) is 51.2 Å². The lowest BCUT2D eigenvalue weighted by atomic mass is 9.85. The molecule has 4 aliphatic heterocycles. The third kappa shape index (κ3) is 15.0. The van der Waals surface area contributed by atoms with E-state index in [1.165, 1.54) is 54.6 Å². The third-order valence-corrected chi connectivity index (χ3v) is 22.0. The average molecular weight is 1500 g/mol. The van der Waals surface area contributed by atoms with Crippen LogP contribution in [0.4, 0.5) is 0 Å². The van der Waals surface area contributed by atoms with Crippen molar-refractivity contribution in [3.63, 3.8) is 0 Å². The number of esters is 2. The Morgan fingerprint density at radius 3 is 2.26 bits per heavy atom. The quantitative estimate of drug-likeness (QED) is 0.0308. The molecule has 1 saturated heterocycles. The number of allylic oxidation sites excluding steroid dienone is 1. The van der Waals surface area contributed by atoms with E-state index in [1.54, 1.807) is 50.4 Å². The summed E-state index contributed by atoms with van der Waals surface area (Å²) in [6.07, 6.45) is -6.91. The molecule has 37 heteroatoms. The van der Waals surface area contributed by atoms with Gasteiger partial charge < -0.3 is 90.4 Å². The largest absolute Gasteiger partial charge is 0.506 e. The van der Waals surface area contributed by atoms with E-state index in [0.29, 0.717) is 42.9 Å². The number of aliphatic hydroxyl groups excluding tert-OH is 2. The number of fused-ring (bicyclic) bond motifs is 15. The number of carbonyl (C=O) groups is 7. The molecule has 8 aromatic rings. The molecule has 10 N–H and O–H groups in total. The van der Waals surface area contributed by atoms with Crippen LogP contribution < -0.4 is 26.6 Å². The van der Waals surface area contributed by atoms with Gasteiger partial charge in [-0.1, -0.05) is 19.1 Å². The number of methoxy groups -OCH3 is 1. The van der Waals surface area contributed by atoms with Gasteiger partial charge >= 0.3 is 11.9 Å². The van der Waals surface area contributed by atoms with E-state index in [4.69, 9.17) is 43.4 Å². The number of aliphatic hydroxyl groups is 3. The first kappa shape index (κ1) is 72.9. The first-order chi connectivity index (χ1) is 48.8. The van der Waals surface area contributed by atoms with Crippen molar-refractivity contribution < 1.29 is 87.6 Å². The van der Waals surface area contributed by atoms with Gasteiger partial charge in [0, 0.05) is 62.9 Å². The lowest BCUT2D eigenvalue weighted by Gasteiger charge is -2.48. The fourth-order valence-electron chi connectivity index (χ4n) is 12.6. The van der Waals surface area contributed by atoms with Crippen LogP contribution >= 0.6 is 56.7 Å². The fraction of sp³-hybridized carbons (Fsp3) is 0.431. The smallest absolute Gasteiger partial charge is 0.358 e. The van der Waals surface area contributed by atoms with Gasteiger partial charge in [-0.2, -0.15) is 4.73 Å². The molecule has 102 heavy (non-hydrogen) atoms. The Balaban J connectivity index is 1.01. The number of ether oxygens (including phenoxy) is 6. The van der Waals surface area contributed by atoms with E-state index in [1.807, 2.05) is 11.8 Å². The highest BCUT2D eigenvalue weighted by atomic mass is 32.1. The lowest BCUT2D eigenvalue weighted by molar-refractivity contribution is -0.280. The van der Waals surface area contributed by atoms with Gasteiger partial charge in [0.1, 0.15) is 120 Å². The van der Waals surface area contributed by atoms with Gasteiger partial charge in [-0.25, -0.2) is 39.5 Å². The van der Waals surface area contributed by atoms with E-state index in [2.05, 4.69) is 41.5 Å². The van der Waals surface area contributed by atoms with Crippen LogP contribution in [0, 0.1) is 0 Å². The summed E-state index contributed by atoms with van der Waals surface area (Å²) < 4.78 is 38.3. The van der Waals surface area contributed by atoms with Crippen LogP contribution in [0.2, 0.25) is 0 Å². The zero-order chi connectivity index (χ0) is 72.6. The number of aromatic nitrogens is 7. The van der Waals surface area contributed by atoms with Crippen molar-refractivity contribution in [1.29, 1.82) is 0 Å². The summed E-state index contributed by atoms with van der Waals surface area (Å²) in [5, 5.41) is 78.3. The van der Waals surface area contributed by atoms with Crippen molar-refractivity contribution in [2.24, 2.45) is 0 Å². The SMILES string of the molecule is CCN(CCO)CCCNC(=O)c1csc(-c2nc3c(cc2O)-c2nc(cs2)C(=O)NC(C(C)O)C(=O)N/C(=C(\C)OC)c2nc(cs2)C(=O)NC2c4nc(cs4)C(=O)NC(COC(=O)c4c5c6c(cccc6n4O)COC(=O)C(OC4CC(C)(O)C(N(C)C)C(C)O4)C2OC5)c2nc-3cs2)n1. The first-order valence-corrected chi connectivity index (χ1v) is 36.5. The summed E-state index contributed by atoms with van der Waals surface area (Å²) in [5.41, 5.74) is -2.23. The Labute approximate surface area is 601 Å². The number of hydrogen-bond acceptors (Lipinski definition) is 31. The summed E-state index contributed by atoms with van der Waals surface area (Å²) in [4.78, 5) is 135. The number of cyclic esters (lactones) is 2. The first-order valence-electron chi connectivity index (χ1n) is 32.1. The molecule has 1 fully saturated rings. The van der Waals surface area contributed by atoms with Crippen LogP contribution in [0.5, 0.6) is 5.75 Å². The normalized spacial score (nSPS) is 23.7. The fourth-order valence-corrected chi connectivity index (χ4v) is 16.8. The van der Waals surface area contributed by atoms with E-state index in [-0.39, 0.29) is 111 Å². The predicted octanol–water partition coefficient (Wildman–Crippen LogP) is 4.60. The minimum absolute atomic E-state index is 0.00508. The Hall–Kier alpha value is -8.83. The Morgan fingerprint density at radius 1 is 0.853 bits per heavy atom. The Bertz CT molecular complexity index is 4560. The monoisotopic (exact) mass is 1500 g/mol. The summed E-state index contributed by atoms with van der Waals surface area (Å²) in [7, 11) is 4.86. The molecular weight excluding hydrogens is 1430 g/mol. The molecule has 10 unspecified atom stereocenters. The number of nitrogens with one attached hydrogen (secondary N) is 5. The number of nitrogens with zero attached hydrogens (tertiary/aromatic N) is 9. The number of pyridine rings is 1. The molecule has 0 spiro atoms. The van der Waals surface area contributed by atoms with E-state index in [0.717, 1.165) is 56.7 Å². The number of amides is 5. The Kier molecular flexibility index (Phi) is 21.9. The molecule has 1 aromatic carbocycles. The van der Waals surface area contributed by atoms with Crippen LogP contribution in [0.3, 0.4) is 0 Å². The van der Waals surface area contributed by atoms with Gasteiger partial charge in [-0.05, 0) is 79.0 Å². The number of benzene rings is 1. The van der Waals surface area contributed by atoms with Crippen LogP contribution in [0.1, 0.15) is 138 Å². The van der Waals surface area contributed by atoms with E-state index >= 15 is 19.2 Å². The van der Waals surface area contributed by atoms with Crippen LogP contribution in [0.25, 0.3) is 49.3 Å². The minimum atomic E-state index is -1.91. The molecule has 10 atom stereocenters. The molecule has 540 valence electrons. The average Bonchev–Trinajstić information content (AvgIpc) is 1.68. The lowest BCUT2D eigenvalue weighted by Crippen LogP contribution is -2.62. The number of carbonyl (C=O) groups excluding carboxylic acids is 7.